The van der Waals surface area contributed by atoms with Crippen LogP contribution < -0.4 is 20.3 Å². The van der Waals surface area contributed by atoms with Gasteiger partial charge in [0.1, 0.15) is 11.8 Å². The number of ether oxygens (including phenoxy) is 2. The second kappa shape index (κ2) is 8.77. The summed E-state index contributed by atoms with van der Waals surface area (Å²) in [7, 11) is 1.40. The number of H-pyrrole nitrogens is 1. The molecule has 0 aliphatic heterocycles. The van der Waals surface area contributed by atoms with E-state index in [1.807, 2.05) is 11.1 Å². The highest BCUT2D eigenvalue weighted by molar-refractivity contribution is 6.01. The smallest absolute Gasteiger partial charge is 0.417 e. The van der Waals surface area contributed by atoms with Gasteiger partial charge in [0, 0.05) is 12.3 Å². The van der Waals surface area contributed by atoms with Gasteiger partial charge < -0.3 is 19.8 Å². The van der Waals surface area contributed by atoms with Crippen LogP contribution in [0, 0.1) is 11.3 Å². The van der Waals surface area contributed by atoms with E-state index in [0.717, 1.165) is 6.08 Å². The number of nitrogens with one attached hydrogen (secondary N) is 2. The molecule has 0 saturated heterocycles. The van der Waals surface area contributed by atoms with Crippen molar-refractivity contribution in [3.8, 4) is 17.6 Å². The van der Waals surface area contributed by atoms with Gasteiger partial charge in [0.25, 0.3) is 5.56 Å². The molecule has 0 bridgehead atoms. The van der Waals surface area contributed by atoms with Gasteiger partial charge in [-0.3, -0.25) is 9.59 Å². The first kappa shape index (κ1) is 20.6. The Labute approximate surface area is 157 Å². The Bertz CT molecular complexity index is 991. The molecule has 0 atom stereocenters. The summed E-state index contributed by atoms with van der Waals surface area (Å²) in [5.41, 5.74) is -1.96. The van der Waals surface area contributed by atoms with Gasteiger partial charge in [-0.05, 0) is 29.8 Å². The molecule has 7 nitrogen and oxygen atoms in total. The lowest BCUT2D eigenvalue weighted by Gasteiger charge is -2.09. The summed E-state index contributed by atoms with van der Waals surface area (Å²) in [4.78, 5) is 25.5. The standard InChI is InChI=1S/C18H14F3N3O4/c1-27-15-8-11(2-4-14(15)28-7-6-22)3-5-16(25)24-13-9-12(18(19,20)21)10-23-17(13)26/h2-5,8-10H,7H2,1H3,(H,23,26)(H,24,25)/b5-3+. The van der Waals surface area contributed by atoms with Crippen LogP contribution >= 0.6 is 0 Å². The van der Waals surface area contributed by atoms with Crippen LogP contribution in [0.25, 0.3) is 6.08 Å². The Balaban J connectivity index is 2.14. The number of anilines is 1. The van der Waals surface area contributed by atoms with Crippen molar-refractivity contribution in [2.75, 3.05) is 19.0 Å². The van der Waals surface area contributed by atoms with E-state index in [4.69, 9.17) is 14.7 Å². The van der Waals surface area contributed by atoms with Crippen LogP contribution in [0.3, 0.4) is 0 Å². The molecule has 0 fully saturated rings. The molecule has 0 saturated carbocycles. The van der Waals surface area contributed by atoms with Gasteiger partial charge in [-0.2, -0.15) is 18.4 Å². The second-order valence-electron chi connectivity index (χ2n) is 5.31. The molecule has 1 aromatic carbocycles. The number of hydrogen-bond donors (Lipinski definition) is 2. The number of aromatic nitrogens is 1. The first-order valence-corrected chi connectivity index (χ1v) is 7.71. The van der Waals surface area contributed by atoms with E-state index in [9.17, 15) is 22.8 Å². The van der Waals surface area contributed by atoms with E-state index in [0.29, 0.717) is 29.3 Å². The Morgan fingerprint density at radius 2 is 2.07 bits per heavy atom. The van der Waals surface area contributed by atoms with Crippen LogP contribution in [0.2, 0.25) is 0 Å². The number of carbonyl (C=O) groups excluding carboxylic acids is 1. The van der Waals surface area contributed by atoms with Gasteiger partial charge in [-0.1, -0.05) is 6.07 Å². The Kier molecular flexibility index (Phi) is 6.44. The van der Waals surface area contributed by atoms with Gasteiger partial charge in [-0.15, -0.1) is 0 Å². The minimum atomic E-state index is -4.66. The van der Waals surface area contributed by atoms with Crippen molar-refractivity contribution in [1.29, 1.82) is 5.26 Å². The van der Waals surface area contributed by atoms with E-state index in [1.54, 1.807) is 6.07 Å². The third kappa shape index (κ3) is 5.38. The predicted molar refractivity (Wildman–Crippen MR) is 93.8 cm³/mol. The fourth-order valence-corrected chi connectivity index (χ4v) is 2.10. The summed E-state index contributed by atoms with van der Waals surface area (Å²) in [6, 6.07) is 7.02. The number of benzene rings is 1. The second-order valence-corrected chi connectivity index (χ2v) is 5.31. The number of methoxy groups -OCH3 is 1. The van der Waals surface area contributed by atoms with Crippen molar-refractivity contribution in [1.82, 2.24) is 4.98 Å². The number of halogens is 3. The van der Waals surface area contributed by atoms with Crippen molar-refractivity contribution >= 4 is 17.7 Å². The highest BCUT2D eigenvalue weighted by Gasteiger charge is 2.31. The zero-order valence-corrected chi connectivity index (χ0v) is 14.5. The zero-order valence-electron chi connectivity index (χ0n) is 14.5. The quantitative estimate of drug-likeness (QED) is 0.735. The molecule has 2 rings (SSSR count). The summed E-state index contributed by atoms with van der Waals surface area (Å²) < 4.78 is 48.4. The molecule has 0 unspecified atom stereocenters. The molecule has 1 amide bonds. The van der Waals surface area contributed by atoms with Crippen molar-refractivity contribution < 1.29 is 27.4 Å². The third-order valence-corrected chi connectivity index (χ3v) is 3.40. The van der Waals surface area contributed by atoms with Crippen LogP contribution in [0.15, 0.2) is 41.3 Å². The number of rotatable bonds is 6. The summed E-state index contributed by atoms with van der Waals surface area (Å²) in [5.74, 6) is -0.137. The Hall–Kier alpha value is -3.74. The van der Waals surface area contributed by atoms with Crippen molar-refractivity contribution in [3.63, 3.8) is 0 Å². The Morgan fingerprint density at radius 3 is 2.71 bits per heavy atom. The maximum Gasteiger partial charge on any atom is 0.417 e. The van der Waals surface area contributed by atoms with Crippen LogP contribution in [-0.2, 0) is 11.0 Å². The third-order valence-electron chi connectivity index (χ3n) is 3.40. The summed E-state index contributed by atoms with van der Waals surface area (Å²) >= 11 is 0. The number of aromatic amines is 1. The lowest BCUT2D eigenvalue weighted by atomic mass is 10.2. The fraction of sp³-hybridized carbons (Fsp3) is 0.167. The summed E-state index contributed by atoms with van der Waals surface area (Å²) in [6.07, 6.45) is -1.72. The normalized spacial score (nSPS) is 11.1. The number of alkyl halides is 3. The van der Waals surface area contributed by atoms with Gasteiger partial charge >= 0.3 is 6.18 Å². The van der Waals surface area contributed by atoms with E-state index in [2.05, 4.69) is 5.32 Å². The number of carbonyl (C=O) groups is 1. The van der Waals surface area contributed by atoms with Gasteiger partial charge in [0.2, 0.25) is 5.91 Å². The predicted octanol–water partition coefficient (Wildman–Crippen LogP) is 2.96. The number of amides is 1. The van der Waals surface area contributed by atoms with Crippen molar-refractivity contribution in [2.24, 2.45) is 0 Å². The molecule has 146 valence electrons. The van der Waals surface area contributed by atoms with E-state index < -0.39 is 28.9 Å². The first-order valence-electron chi connectivity index (χ1n) is 7.71. The highest BCUT2D eigenvalue weighted by Crippen LogP contribution is 2.29. The molecule has 0 spiro atoms. The maximum atomic E-state index is 12.7. The number of nitrogens with zero attached hydrogens (tertiary/aromatic N) is 1. The Morgan fingerprint density at radius 1 is 1.32 bits per heavy atom. The van der Waals surface area contributed by atoms with Crippen LogP contribution in [0.1, 0.15) is 11.1 Å². The molecular weight excluding hydrogens is 379 g/mol. The highest BCUT2D eigenvalue weighted by atomic mass is 19.4. The van der Waals surface area contributed by atoms with Crippen molar-refractivity contribution in [3.05, 3.63) is 58.0 Å². The van der Waals surface area contributed by atoms with E-state index in [1.165, 1.54) is 25.3 Å². The maximum absolute atomic E-state index is 12.7. The molecule has 1 aromatic heterocycles. The zero-order chi connectivity index (χ0) is 20.7. The fourth-order valence-electron chi connectivity index (χ4n) is 2.10. The lowest BCUT2D eigenvalue weighted by Crippen LogP contribution is -2.20. The van der Waals surface area contributed by atoms with Gasteiger partial charge in [0.05, 0.1) is 12.7 Å². The molecule has 0 aliphatic rings. The molecule has 28 heavy (non-hydrogen) atoms. The largest absolute Gasteiger partial charge is 0.493 e. The lowest BCUT2D eigenvalue weighted by molar-refractivity contribution is -0.137. The van der Waals surface area contributed by atoms with E-state index in [-0.39, 0.29) is 6.61 Å². The average molecular weight is 393 g/mol. The number of pyridine rings is 1. The van der Waals surface area contributed by atoms with Gasteiger partial charge in [0.15, 0.2) is 18.1 Å². The average Bonchev–Trinajstić information content (AvgIpc) is 2.65. The molecule has 10 heteroatoms. The number of nitriles is 1. The van der Waals surface area contributed by atoms with Crippen molar-refractivity contribution in [2.45, 2.75) is 6.18 Å². The summed E-state index contributed by atoms with van der Waals surface area (Å²) in [6.45, 7) is -0.167. The molecular formula is C18H14F3N3O4. The molecule has 1 heterocycles. The first-order chi connectivity index (χ1) is 13.2. The summed E-state index contributed by atoms with van der Waals surface area (Å²) in [5, 5.41) is 10.6. The van der Waals surface area contributed by atoms with E-state index >= 15 is 0 Å². The van der Waals surface area contributed by atoms with Gasteiger partial charge in [-0.25, -0.2) is 0 Å². The van der Waals surface area contributed by atoms with Crippen LogP contribution in [0.5, 0.6) is 11.5 Å². The minimum Gasteiger partial charge on any atom is -0.493 e. The van der Waals surface area contributed by atoms with Crippen LogP contribution in [-0.4, -0.2) is 24.6 Å². The topological polar surface area (TPSA) is 104 Å². The molecule has 0 radical (unpaired) electrons. The molecule has 0 aliphatic carbocycles. The van der Waals surface area contributed by atoms with Crippen LogP contribution in [0.4, 0.5) is 18.9 Å². The SMILES string of the molecule is COc1cc(/C=C/C(=O)Nc2cc(C(F)(F)F)c[nH]c2=O)ccc1OCC#N. The monoisotopic (exact) mass is 393 g/mol. The molecule has 2 aromatic rings. The minimum absolute atomic E-state index is 0.167. The number of hydrogen-bond acceptors (Lipinski definition) is 5. The molecule has 2 N–H and O–H groups in total.